The van der Waals surface area contributed by atoms with Crippen LogP contribution >= 0.6 is 11.3 Å². The van der Waals surface area contributed by atoms with E-state index in [0.717, 1.165) is 51.8 Å². The molecule has 21 heavy (non-hydrogen) atoms. The summed E-state index contributed by atoms with van der Waals surface area (Å²) in [6.45, 7) is 15.2. The van der Waals surface area contributed by atoms with Gasteiger partial charge in [-0.1, -0.05) is 13.2 Å². The monoisotopic (exact) mass is 304 g/mol. The molecule has 114 valence electrons. The Balaban J connectivity index is 2.05. The average Bonchev–Trinajstić information content (AvgIpc) is 2.88. The number of nitrogens with zero attached hydrogens (tertiary/aromatic N) is 2. The van der Waals surface area contributed by atoms with Crippen LogP contribution in [-0.4, -0.2) is 30.8 Å². The van der Waals surface area contributed by atoms with Gasteiger partial charge in [-0.2, -0.15) is 0 Å². The van der Waals surface area contributed by atoms with Crippen LogP contribution in [0.25, 0.3) is 18.0 Å². The fourth-order valence-electron chi connectivity index (χ4n) is 2.45. The highest BCUT2D eigenvalue weighted by Gasteiger charge is 2.13. The highest BCUT2D eigenvalue weighted by molar-refractivity contribution is 7.10. The zero-order valence-electron chi connectivity index (χ0n) is 12.9. The van der Waals surface area contributed by atoms with Crippen LogP contribution in [0.3, 0.4) is 0 Å². The van der Waals surface area contributed by atoms with E-state index < -0.39 is 0 Å². The summed E-state index contributed by atoms with van der Waals surface area (Å²) in [7, 11) is 0. The molecule has 0 bridgehead atoms. The minimum Gasteiger partial charge on any atom is -0.383 e. The van der Waals surface area contributed by atoms with Crippen molar-refractivity contribution >= 4 is 35.5 Å². The number of rotatable bonds is 5. The normalized spacial score (nSPS) is 18.0. The molecule has 1 aromatic rings. The van der Waals surface area contributed by atoms with Crippen LogP contribution in [0.4, 0.5) is 0 Å². The molecule has 4 nitrogen and oxygen atoms in total. The highest BCUT2D eigenvalue weighted by Crippen LogP contribution is 2.13. The fraction of sp³-hybridized carbons (Fsp3) is 0.500. The third-order valence-corrected chi connectivity index (χ3v) is 4.65. The molecule has 5 heteroatoms. The van der Waals surface area contributed by atoms with Crippen molar-refractivity contribution in [1.29, 1.82) is 0 Å². The zero-order chi connectivity index (χ0) is 15.2. The van der Waals surface area contributed by atoms with Crippen LogP contribution in [0.2, 0.25) is 0 Å². The Hall–Kier alpha value is -1.46. The second-order valence-corrected chi connectivity index (χ2v) is 6.40. The summed E-state index contributed by atoms with van der Waals surface area (Å²) in [6.07, 6.45) is 4.22. The molecule has 0 spiro atoms. The molecular formula is C16H24N4S. The van der Waals surface area contributed by atoms with Crippen molar-refractivity contribution in [3.63, 3.8) is 0 Å². The van der Waals surface area contributed by atoms with Gasteiger partial charge in [0.2, 0.25) is 0 Å². The largest absolute Gasteiger partial charge is 0.383 e. The van der Waals surface area contributed by atoms with E-state index in [0.29, 0.717) is 0 Å². The molecule has 0 atom stereocenters. The predicted molar refractivity (Wildman–Crippen MR) is 92.8 cm³/mol. The lowest BCUT2D eigenvalue weighted by Crippen LogP contribution is -2.33. The summed E-state index contributed by atoms with van der Waals surface area (Å²) >= 11 is 1.57. The van der Waals surface area contributed by atoms with E-state index >= 15 is 0 Å². The van der Waals surface area contributed by atoms with Crippen LogP contribution in [0.15, 0.2) is 11.6 Å². The molecule has 0 radical (unpaired) electrons. The van der Waals surface area contributed by atoms with Crippen LogP contribution < -0.4 is 20.5 Å². The number of aliphatic imine (C=N–C) groups is 1. The molecule has 1 aromatic heterocycles. The summed E-state index contributed by atoms with van der Waals surface area (Å²) in [5, 5.41) is 8.60. The van der Waals surface area contributed by atoms with Crippen molar-refractivity contribution in [2.45, 2.75) is 26.7 Å². The minimum absolute atomic E-state index is 0.722. The smallest absolute Gasteiger partial charge is 0.140 e. The molecule has 1 aliphatic heterocycles. The minimum atomic E-state index is 0.722. The topological polar surface area (TPSA) is 49.3 Å². The van der Waals surface area contributed by atoms with Gasteiger partial charge in [-0.05, 0) is 45.7 Å². The van der Waals surface area contributed by atoms with E-state index in [1.165, 1.54) is 12.8 Å². The van der Waals surface area contributed by atoms with E-state index in [4.69, 9.17) is 0 Å². The number of nitrogens with one attached hydrogen (secondary N) is 2. The Kier molecular flexibility index (Phi) is 5.70. The third kappa shape index (κ3) is 4.25. The van der Waals surface area contributed by atoms with Crippen molar-refractivity contribution < 1.29 is 0 Å². The molecule has 0 saturated carbocycles. The lowest BCUT2D eigenvalue weighted by molar-refractivity contribution is 0.371. The Labute approximate surface area is 130 Å². The molecular weight excluding hydrogens is 280 g/mol. The van der Waals surface area contributed by atoms with Gasteiger partial charge in [0.15, 0.2) is 0 Å². The van der Waals surface area contributed by atoms with Crippen molar-refractivity contribution in [3.8, 4) is 0 Å². The fourth-order valence-corrected chi connectivity index (χ4v) is 3.30. The van der Waals surface area contributed by atoms with Gasteiger partial charge in [0, 0.05) is 17.3 Å². The second kappa shape index (κ2) is 7.52. The lowest BCUT2D eigenvalue weighted by atomic mass is 9.98. The van der Waals surface area contributed by atoms with E-state index in [2.05, 4.69) is 33.8 Å². The number of aromatic nitrogens is 1. The average molecular weight is 304 g/mol. The molecule has 1 fully saturated rings. The van der Waals surface area contributed by atoms with Gasteiger partial charge in [-0.15, -0.1) is 11.3 Å². The van der Waals surface area contributed by atoms with Gasteiger partial charge in [-0.25, -0.2) is 4.98 Å². The Morgan fingerprint density at radius 3 is 2.90 bits per heavy atom. The number of thiazole rings is 1. The zero-order valence-corrected chi connectivity index (χ0v) is 13.7. The molecule has 1 saturated heterocycles. The second-order valence-electron chi connectivity index (χ2n) is 5.32. The van der Waals surface area contributed by atoms with E-state index in [-0.39, 0.29) is 0 Å². The SMILES string of the molecule is C=C(NCC1CCNCC1)c1n/c(=C(C)/N=C\C)c(=C)s1. The standard InChI is InChI=1S/C16H24N4S/c1-5-18-11(2)15-13(4)21-16(20-15)12(3)19-10-14-6-8-17-9-7-14/h5,14,17,19H,3-4,6-10H2,1-2H3/b15-11+,18-5-. The van der Waals surface area contributed by atoms with Gasteiger partial charge >= 0.3 is 0 Å². The first kappa shape index (κ1) is 15.9. The van der Waals surface area contributed by atoms with Crippen molar-refractivity contribution in [1.82, 2.24) is 15.6 Å². The molecule has 0 amide bonds. The molecule has 0 aliphatic carbocycles. The Morgan fingerprint density at radius 2 is 2.24 bits per heavy atom. The summed E-state index contributed by atoms with van der Waals surface area (Å²) in [5.74, 6) is 0.722. The van der Waals surface area contributed by atoms with Crippen LogP contribution in [0.1, 0.15) is 31.7 Å². The number of hydrogen-bond donors (Lipinski definition) is 2. The van der Waals surface area contributed by atoms with Gasteiger partial charge in [-0.3, -0.25) is 4.99 Å². The van der Waals surface area contributed by atoms with E-state index in [1.54, 1.807) is 17.6 Å². The third-order valence-electron chi connectivity index (χ3n) is 3.68. The highest BCUT2D eigenvalue weighted by atomic mass is 32.1. The van der Waals surface area contributed by atoms with Gasteiger partial charge in [0.05, 0.1) is 11.4 Å². The molecule has 2 rings (SSSR count). The Morgan fingerprint density at radius 1 is 1.52 bits per heavy atom. The van der Waals surface area contributed by atoms with Gasteiger partial charge < -0.3 is 10.6 Å². The number of piperidine rings is 1. The van der Waals surface area contributed by atoms with Crippen LogP contribution in [-0.2, 0) is 0 Å². The molecule has 1 aliphatic rings. The summed E-state index contributed by atoms with van der Waals surface area (Å²) < 4.78 is 0.943. The van der Waals surface area contributed by atoms with Crippen molar-refractivity contribution in [2.75, 3.05) is 19.6 Å². The van der Waals surface area contributed by atoms with Gasteiger partial charge in [0.25, 0.3) is 0 Å². The Bertz CT molecular complexity index is 623. The lowest BCUT2D eigenvalue weighted by Gasteiger charge is -2.23. The van der Waals surface area contributed by atoms with Crippen LogP contribution in [0.5, 0.6) is 0 Å². The van der Waals surface area contributed by atoms with Gasteiger partial charge in [0.1, 0.15) is 10.4 Å². The molecule has 0 unspecified atom stereocenters. The first-order valence-corrected chi connectivity index (χ1v) is 8.22. The summed E-state index contributed by atoms with van der Waals surface area (Å²) in [4.78, 5) is 8.91. The summed E-state index contributed by atoms with van der Waals surface area (Å²) in [6, 6.07) is 0. The molecule has 0 aromatic carbocycles. The quantitative estimate of drug-likeness (QED) is 0.807. The van der Waals surface area contributed by atoms with Crippen molar-refractivity contribution in [2.24, 2.45) is 10.9 Å². The maximum Gasteiger partial charge on any atom is 0.140 e. The first-order chi connectivity index (χ1) is 10.1. The summed E-state index contributed by atoms with van der Waals surface area (Å²) in [5.41, 5.74) is 1.79. The van der Waals surface area contributed by atoms with E-state index in [1.807, 2.05) is 13.8 Å². The maximum absolute atomic E-state index is 4.62. The predicted octanol–water partition coefficient (Wildman–Crippen LogP) is 1.33. The van der Waals surface area contributed by atoms with Crippen molar-refractivity contribution in [3.05, 3.63) is 21.5 Å². The number of hydrogen-bond acceptors (Lipinski definition) is 5. The maximum atomic E-state index is 4.62. The molecule has 2 N–H and O–H groups in total. The first-order valence-electron chi connectivity index (χ1n) is 7.41. The van der Waals surface area contributed by atoms with Crippen LogP contribution in [0, 0.1) is 5.92 Å². The van der Waals surface area contributed by atoms with E-state index in [9.17, 15) is 0 Å². The molecule has 2 heterocycles.